The number of amides is 1. The van der Waals surface area contributed by atoms with Crippen molar-refractivity contribution in [2.24, 2.45) is 5.16 Å². The van der Waals surface area contributed by atoms with Crippen LogP contribution >= 0.6 is 11.3 Å². The largest absolute Gasteiger partial charge is 0.411 e. The third-order valence-electron chi connectivity index (χ3n) is 1.89. The average Bonchev–Trinajstić information content (AvgIpc) is 2.98. The van der Waals surface area contributed by atoms with E-state index in [9.17, 15) is 4.79 Å². The van der Waals surface area contributed by atoms with Gasteiger partial charge in [0.25, 0.3) is 5.91 Å². The molecule has 2 aromatic rings. The van der Waals surface area contributed by atoms with Gasteiger partial charge in [0.05, 0.1) is 6.20 Å². The van der Waals surface area contributed by atoms with Crippen LogP contribution in [0, 0.1) is 0 Å². The van der Waals surface area contributed by atoms with Crippen molar-refractivity contribution in [1.82, 2.24) is 20.4 Å². The quantitative estimate of drug-likeness (QED) is 0.422. The molecule has 3 N–H and O–H groups in total. The van der Waals surface area contributed by atoms with Crippen LogP contribution in [0.5, 0.6) is 0 Å². The minimum Gasteiger partial charge on any atom is -0.411 e. The monoisotopic (exact) mass is 252 g/mol. The first-order valence-electron chi connectivity index (χ1n) is 4.52. The Bertz CT molecular complexity index is 546. The Morgan fingerprint density at radius 3 is 3.06 bits per heavy atom. The number of hydrogen-bond acceptors (Lipinski definition) is 7. The van der Waals surface area contributed by atoms with E-state index < -0.39 is 5.91 Å². The number of rotatable bonds is 3. The van der Waals surface area contributed by atoms with E-state index >= 15 is 0 Å². The molecule has 0 atom stereocenters. The van der Waals surface area contributed by atoms with Crippen molar-refractivity contribution in [3.05, 3.63) is 23.0 Å². The zero-order valence-electron chi connectivity index (χ0n) is 8.71. The molecule has 0 saturated carbocycles. The summed E-state index contributed by atoms with van der Waals surface area (Å²) >= 11 is 1.23. The van der Waals surface area contributed by atoms with Crippen LogP contribution in [0.2, 0.25) is 0 Å². The van der Waals surface area contributed by atoms with Crippen LogP contribution in [0.15, 0.2) is 16.7 Å². The van der Waals surface area contributed by atoms with Crippen molar-refractivity contribution in [3.8, 4) is 0 Å². The Kier molecular flexibility index (Phi) is 3.10. The molecule has 2 aromatic heterocycles. The Labute approximate surface area is 99.4 Å². The summed E-state index contributed by atoms with van der Waals surface area (Å²) in [4.78, 5) is 15.6. The summed E-state index contributed by atoms with van der Waals surface area (Å²) in [7, 11) is 0. The highest BCUT2D eigenvalue weighted by molar-refractivity contribution is 7.14. The lowest BCUT2D eigenvalue weighted by Crippen LogP contribution is -2.12. The molecule has 0 aromatic carbocycles. The van der Waals surface area contributed by atoms with Gasteiger partial charge in [0.15, 0.2) is 10.8 Å². The lowest BCUT2D eigenvalue weighted by molar-refractivity contribution is 0.102. The van der Waals surface area contributed by atoms with Gasteiger partial charge in [-0.3, -0.25) is 10.1 Å². The molecule has 0 saturated heterocycles. The van der Waals surface area contributed by atoms with Crippen molar-refractivity contribution < 1.29 is 10.0 Å². The van der Waals surface area contributed by atoms with Gasteiger partial charge in [-0.25, -0.2) is 4.98 Å². The number of carbonyl (C=O) groups is 1. The molecule has 0 unspecified atom stereocenters. The van der Waals surface area contributed by atoms with Crippen LogP contribution in [-0.4, -0.2) is 37.2 Å². The molecule has 0 aliphatic carbocycles. The zero-order valence-corrected chi connectivity index (χ0v) is 9.52. The van der Waals surface area contributed by atoms with Crippen LogP contribution in [0.3, 0.4) is 0 Å². The minimum absolute atomic E-state index is 0.175. The first kappa shape index (κ1) is 11.2. The number of H-pyrrole nitrogens is 1. The molecule has 0 fully saturated rings. The number of carbonyl (C=O) groups excluding carboxylic acids is 1. The Morgan fingerprint density at radius 2 is 2.41 bits per heavy atom. The van der Waals surface area contributed by atoms with Crippen LogP contribution in [0.25, 0.3) is 0 Å². The Morgan fingerprint density at radius 1 is 1.59 bits per heavy atom. The molecule has 2 rings (SSSR count). The number of hydrogen-bond donors (Lipinski definition) is 3. The van der Waals surface area contributed by atoms with Gasteiger partial charge in [-0.2, -0.15) is 15.4 Å². The highest BCUT2D eigenvalue weighted by Crippen LogP contribution is 2.16. The van der Waals surface area contributed by atoms with E-state index in [1.807, 2.05) is 0 Å². The molecule has 1 amide bonds. The maximum absolute atomic E-state index is 11.6. The van der Waals surface area contributed by atoms with E-state index in [0.29, 0.717) is 16.5 Å². The second-order valence-corrected chi connectivity index (χ2v) is 3.89. The van der Waals surface area contributed by atoms with E-state index in [1.54, 1.807) is 12.3 Å². The molecule has 0 spiro atoms. The van der Waals surface area contributed by atoms with Gasteiger partial charge >= 0.3 is 0 Å². The molecule has 9 heteroatoms. The molecular formula is C8H8N6O2S. The summed E-state index contributed by atoms with van der Waals surface area (Å²) < 4.78 is 0. The fraction of sp³-hybridized carbons (Fsp3) is 0.125. The predicted octanol–water partition coefficient (Wildman–Crippen LogP) is 0.712. The molecule has 0 radical (unpaired) electrons. The molecule has 0 aliphatic rings. The summed E-state index contributed by atoms with van der Waals surface area (Å²) in [6.45, 7) is 1.61. The first-order valence-corrected chi connectivity index (χ1v) is 5.40. The van der Waals surface area contributed by atoms with E-state index in [4.69, 9.17) is 5.21 Å². The molecule has 2 heterocycles. The molecule has 0 bridgehead atoms. The lowest BCUT2D eigenvalue weighted by Gasteiger charge is -1.96. The number of anilines is 1. The number of nitrogens with one attached hydrogen (secondary N) is 2. The van der Waals surface area contributed by atoms with Crippen molar-refractivity contribution in [2.45, 2.75) is 6.92 Å². The smallest absolute Gasteiger partial charge is 0.279 e. The maximum atomic E-state index is 11.6. The fourth-order valence-electron chi connectivity index (χ4n) is 1.02. The SMILES string of the molecule is CC(=NO)c1csc(NC(=O)c2cn[nH]n2)n1. The zero-order chi connectivity index (χ0) is 12.3. The van der Waals surface area contributed by atoms with Crippen molar-refractivity contribution in [2.75, 3.05) is 5.32 Å². The third-order valence-corrected chi connectivity index (χ3v) is 2.65. The topological polar surface area (TPSA) is 116 Å². The molecule has 88 valence electrons. The van der Waals surface area contributed by atoms with E-state index in [-0.39, 0.29) is 5.69 Å². The van der Waals surface area contributed by atoms with E-state index in [0.717, 1.165) is 0 Å². The van der Waals surface area contributed by atoms with Gasteiger partial charge < -0.3 is 5.21 Å². The summed E-state index contributed by atoms with van der Waals surface area (Å²) in [5.74, 6) is -0.404. The van der Waals surface area contributed by atoms with Crippen LogP contribution in [0.1, 0.15) is 23.1 Å². The molecule has 0 aliphatic heterocycles. The van der Waals surface area contributed by atoms with Crippen LogP contribution in [-0.2, 0) is 0 Å². The van der Waals surface area contributed by atoms with Gasteiger partial charge in [0.2, 0.25) is 0 Å². The van der Waals surface area contributed by atoms with Gasteiger partial charge in [0.1, 0.15) is 11.4 Å². The summed E-state index contributed by atoms with van der Waals surface area (Å²) in [6, 6.07) is 0. The average molecular weight is 252 g/mol. The summed E-state index contributed by atoms with van der Waals surface area (Å²) in [5, 5.41) is 25.7. The van der Waals surface area contributed by atoms with Gasteiger partial charge in [-0.1, -0.05) is 5.16 Å². The molecule has 17 heavy (non-hydrogen) atoms. The number of oxime groups is 1. The van der Waals surface area contributed by atoms with Crippen LogP contribution in [0.4, 0.5) is 5.13 Å². The van der Waals surface area contributed by atoms with E-state index in [2.05, 4.69) is 30.9 Å². The van der Waals surface area contributed by atoms with Gasteiger partial charge in [-0.15, -0.1) is 11.3 Å². The summed E-state index contributed by atoms with van der Waals surface area (Å²) in [5.41, 5.74) is 1.06. The van der Waals surface area contributed by atoms with Crippen molar-refractivity contribution in [3.63, 3.8) is 0 Å². The van der Waals surface area contributed by atoms with E-state index in [1.165, 1.54) is 17.5 Å². The van der Waals surface area contributed by atoms with Crippen molar-refractivity contribution >= 4 is 28.1 Å². The van der Waals surface area contributed by atoms with Gasteiger partial charge in [0, 0.05) is 5.38 Å². The fourth-order valence-corrected chi connectivity index (χ4v) is 1.77. The molecule has 8 nitrogen and oxygen atoms in total. The maximum Gasteiger partial charge on any atom is 0.279 e. The second kappa shape index (κ2) is 4.70. The highest BCUT2D eigenvalue weighted by atomic mass is 32.1. The third kappa shape index (κ3) is 2.45. The predicted molar refractivity (Wildman–Crippen MR) is 60.4 cm³/mol. The number of nitrogens with zero attached hydrogens (tertiary/aromatic N) is 4. The standard InChI is InChI=1S/C8H8N6O2S/c1-4(13-16)6-3-17-8(10-6)11-7(15)5-2-9-14-12-5/h2-3,16H,1H3,(H,9,12,14)(H,10,11,15). The molecular weight excluding hydrogens is 244 g/mol. The Balaban J connectivity index is 2.10. The lowest BCUT2D eigenvalue weighted by atomic mass is 10.3. The number of aromatic nitrogens is 4. The van der Waals surface area contributed by atoms with Gasteiger partial charge in [-0.05, 0) is 6.92 Å². The van der Waals surface area contributed by atoms with Crippen molar-refractivity contribution in [1.29, 1.82) is 0 Å². The summed E-state index contributed by atoms with van der Waals surface area (Å²) in [6.07, 6.45) is 1.31. The number of thiazole rings is 1. The normalized spacial score (nSPS) is 11.5. The second-order valence-electron chi connectivity index (χ2n) is 3.03. The minimum atomic E-state index is -0.404. The number of aromatic amines is 1. The Hall–Kier alpha value is -2.29. The highest BCUT2D eigenvalue weighted by Gasteiger charge is 2.12. The van der Waals surface area contributed by atoms with Crippen LogP contribution < -0.4 is 5.32 Å². The first-order chi connectivity index (χ1) is 8.20.